The molecule has 3 atom stereocenters. The standard InChI is InChI=1S/3C3H6O3.Mg/c3*1-2(4)3(5)6;/h3*2,4H,1H3,(H,5,6);/q;;;+2/p-2. The predicted octanol–water partition coefficient (Wildman–Crippen LogP) is -4.69. The molecule has 0 aliphatic rings. The number of carboxylic acids is 3. The van der Waals surface area contributed by atoms with Crippen LogP contribution in [0, 0.1) is 0 Å². The molecule has 0 heterocycles. The summed E-state index contributed by atoms with van der Waals surface area (Å²) >= 11 is 0. The molecule has 9 nitrogen and oxygen atoms in total. The molecule has 0 aliphatic carbocycles. The first-order valence-corrected chi connectivity index (χ1v) is 4.62. The van der Waals surface area contributed by atoms with Gasteiger partial charge in [0.1, 0.15) is 6.10 Å². The molecule has 0 rings (SSSR count). The number of hydrogen-bond donors (Lipinski definition) is 4. The molecule has 108 valence electrons. The minimum atomic E-state index is -1.44. The minimum Gasteiger partial charge on any atom is -0.547 e. The second-order valence-electron chi connectivity index (χ2n) is 3.00. The summed E-state index contributed by atoms with van der Waals surface area (Å²) in [5.74, 6) is -4.06. The van der Waals surface area contributed by atoms with Crippen LogP contribution in [0.5, 0.6) is 0 Å². The smallest absolute Gasteiger partial charge is 0.547 e. The second kappa shape index (κ2) is 15.1. The van der Waals surface area contributed by atoms with E-state index >= 15 is 0 Å². The normalized spacial score (nSPS) is 12.9. The van der Waals surface area contributed by atoms with Crippen LogP contribution in [0.2, 0.25) is 0 Å². The minimum absolute atomic E-state index is 0. The van der Waals surface area contributed by atoms with Gasteiger partial charge >= 0.3 is 29.0 Å². The Bertz CT molecular complexity index is 220. The zero-order chi connectivity index (χ0) is 15.5. The van der Waals surface area contributed by atoms with Gasteiger partial charge in [-0.25, -0.2) is 4.79 Å². The molecule has 0 aromatic rings. The Kier molecular flexibility index (Phi) is 21.1. The Morgan fingerprint density at radius 2 is 0.895 bits per heavy atom. The Hall–Kier alpha value is -0.944. The van der Waals surface area contributed by atoms with Crippen molar-refractivity contribution in [2.75, 3.05) is 0 Å². The number of carbonyl (C=O) groups excluding carboxylic acids is 2. The molecule has 0 saturated carbocycles. The first-order valence-electron chi connectivity index (χ1n) is 4.62. The quantitative estimate of drug-likeness (QED) is 0.372. The molecule has 0 spiro atoms. The average Bonchev–Trinajstić information content (AvgIpc) is 2.18. The Morgan fingerprint density at radius 1 is 0.789 bits per heavy atom. The zero-order valence-electron chi connectivity index (χ0n) is 10.8. The van der Waals surface area contributed by atoms with Gasteiger partial charge in [0, 0.05) is 0 Å². The van der Waals surface area contributed by atoms with E-state index in [9.17, 15) is 24.6 Å². The molecule has 19 heavy (non-hydrogen) atoms. The Morgan fingerprint density at radius 3 is 0.895 bits per heavy atom. The van der Waals surface area contributed by atoms with Crippen LogP contribution < -0.4 is 10.2 Å². The van der Waals surface area contributed by atoms with Gasteiger partial charge in [-0.15, -0.1) is 0 Å². The van der Waals surface area contributed by atoms with Gasteiger partial charge in [0.15, 0.2) is 0 Å². The van der Waals surface area contributed by atoms with Crippen LogP contribution in [0.4, 0.5) is 0 Å². The third-order valence-corrected chi connectivity index (χ3v) is 1.04. The summed E-state index contributed by atoms with van der Waals surface area (Å²) in [6.07, 6.45) is -3.92. The molecule has 3 unspecified atom stereocenters. The van der Waals surface area contributed by atoms with E-state index in [0.29, 0.717) is 0 Å². The van der Waals surface area contributed by atoms with E-state index in [4.69, 9.17) is 20.4 Å². The SMILES string of the molecule is CC(O)C(=O)O.CC(O)C(=O)[O-].CC(O)C(=O)[O-].[Mg+2]. The van der Waals surface area contributed by atoms with Crippen molar-refractivity contribution in [3.63, 3.8) is 0 Å². The number of carbonyl (C=O) groups is 3. The van der Waals surface area contributed by atoms with Crippen LogP contribution in [0.15, 0.2) is 0 Å². The van der Waals surface area contributed by atoms with E-state index in [2.05, 4.69) is 0 Å². The number of rotatable bonds is 3. The van der Waals surface area contributed by atoms with E-state index in [1.54, 1.807) is 0 Å². The summed E-state index contributed by atoms with van der Waals surface area (Å²) < 4.78 is 0. The maximum Gasteiger partial charge on any atom is 2.00 e. The Balaban J connectivity index is -0.0000000865. The molecular weight excluding hydrogens is 276 g/mol. The zero-order valence-corrected chi connectivity index (χ0v) is 12.2. The Labute approximate surface area is 125 Å². The third kappa shape index (κ3) is 31.6. The van der Waals surface area contributed by atoms with E-state index in [-0.39, 0.29) is 23.1 Å². The number of aliphatic carboxylic acids is 3. The summed E-state index contributed by atoms with van der Waals surface area (Å²) in [6.45, 7) is 3.47. The number of hydrogen-bond acceptors (Lipinski definition) is 8. The van der Waals surface area contributed by atoms with Gasteiger partial charge in [-0.3, -0.25) is 0 Å². The van der Waals surface area contributed by atoms with Crippen molar-refractivity contribution < 1.29 is 45.0 Å². The third-order valence-electron chi connectivity index (χ3n) is 1.04. The van der Waals surface area contributed by atoms with Gasteiger partial charge in [-0.05, 0) is 20.8 Å². The van der Waals surface area contributed by atoms with Crippen molar-refractivity contribution in [2.45, 2.75) is 39.1 Å². The van der Waals surface area contributed by atoms with Crippen molar-refractivity contribution in [2.24, 2.45) is 0 Å². The molecule has 0 aromatic carbocycles. The molecule has 0 amide bonds. The fourth-order valence-electron chi connectivity index (χ4n) is 0. The second-order valence-corrected chi connectivity index (χ2v) is 3.00. The molecule has 0 saturated heterocycles. The summed E-state index contributed by atoms with van der Waals surface area (Å²) in [5, 5.41) is 50.4. The molecule has 4 N–H and O–H groups in total. The van der Waals surface area contributed by atoms with Gasteiger partial charge in [-0.2, -0.15) is 0 Å². The first kappa shape index (κ1) is 26.6. The van der Waals surface area contributed by atoms with E-state index < -0.39 is 36.2 Å². The van der Waals surface area contributed by atoms with Crippen LogP contribution >= 0.6 is 0 Å². The van der Waals surface area contributed by atoms with Gasteiger partial charge in [0.25, 0.3) is 0 Å². The van der Waals surface area contributed by atoms with E-state index in [0.717, 1.165) is 13.8 Å². The summed E-state index contributed by atoms with van der Waals surface area (Å²) in [7, 11) is 0. The first-order chi connectivity index (χ1) is 7.93. The molecule has 0 aromatic heterocycles. The van der Waals surface area contributed by atoms with Crippen molar-refractivity contribution in [1.29, 1.82) is 0 Å². The van der Waals surface area contributed by atoms with E-state index in [1.165, 1.54) is 6.92 Å². The van der Waals surface area contributed by atoms with E-state index in [1.807, 2.05) is 0 Å². The number of carboxylic acid groups (broad SMARTS) is 3. The van der Waals surface area contributed by atoms with Crippen molar-refractivity contribution in [3.8, 4) is 0 Å². The number of aliphatic hydroxyl groups is 3. The molecular formula is C9H16MgO9. The van der Waals surface area contributed by atoms with Gasteiger partial charge in [0.05, 0.1) is 24.1 Å². The van der Waals surface area contributed by atoms with Crippen LogP contribution in [-0.2, 0) is 14.4 Å². The average molecular weight is 293 g/mol. The van der Waals surface area contributed by atoms with Crippen LogP contribution in [0.3, 0.4) is 0 Å². The maximum absolute atomic E-state index is 9.45. The summed E-state index contributed by atoms with van der Waals surface area (Å²) in [5.41, 5.74) is 0. The van der Waals surface area contributed by atoms with Gasteiger partial charge in [-0.1, -0.05) is 0 Å². The van der Waals surface area contributed by atoms with Gasteiger partial charge < -0.3 is 40.2 Å². The molecule has 0 bridgehead atoms. The monoisotopic (exact) mass is 292 g/mol. The van der Waals surface area contributed by atoms with Crippen LogP contribution in [0.25, 0.3) is 0 Å². The fourth-order valence-corrected chi connectivity index (χ4v) is 0. The molecule has 0 aliphatic heterocycles. The topological polar surface area (TPSA) is 178 Å². The van der Waals surface area contributed by atoms with Crippen molar-refractivity contribution in [1.82, 2.24) is 0 Å². The van der Waals surface area contributed by atoms with Crippen LogP contribution in [0.1, 0.15) is 20.8 Å². The molecule has 0 radical (unpaired) electrons. The predicted molar refractivity (Wildman–Crippen MR) is 58.4 cm³/mol. The largest absolute Gasteiger partial charge is 2.00 e. The molecule has 10 heteroatoms. The van der Waals surface area contributed by atoms with Crippen molar-refractivity contribution >= 4 is 41.0 Å². The van der Waals surface area contributed by atoms with Crippen LogP contribution in [-0.4, -0.2) is 79.7 Å². The summed E-state index contributed by atoms with van der Waals surface area (Å²) in [4.78, 5) is 28.1. The summed E-state index contributed by atoms with van der Waals surface area (Å²) in [6, 6.07) is 0. The number of aliphatic hydroxyl groups excluding tert-OH is 3. The fraction of sp³-hybridized carbons (Fsp3) is 0.667. The van der Waals surface area contributed by atoms with Crippen molar-refractivity contribution in [3.05, 3.63) is 0 Å². The maximum atomic E-state index is 9.45. The molecule has 0 fully saturated rings. The van der Waals surface area contributed by atoms with Gasteiger partial charge in [0.2, 0.25) is 0 Å².